The average Bonchev–Trinajstić information content (AvgIpc) is 2.54. The Morgan fingerprint density at radius 1 is 1.26 bits per heavy atom. The van der Waals surface area contributed by atoms with Crippen molar-refractivity contribution < 1.29 is 9.59 Å². The molecule has 1 unspecified atom stereocenters. The van der Waals surface area contributed by atoms with Gasteiger partial charge in [-0.1, -0.05) is 13.3 Å². The van der Waals surface area contributed by atoms with Crippen molar-refractivity contribution in [2.24, 2.45) is 11.8 Å². The van der Waals surface area contributed by atoms with Crippen LogP contribution in [0.2, 0.25) is 0 Å². The summed E-state index contributed by atoms with van der Waals surface area (Å²) in [6.07, 6.45) is 5.80. The molecule has 0 aromatic heterocycles. The number of amides is 2. The van der Waals surface area contributed by atoms with Crippen LogP contribution in [-0.2, 0) is 9.59 Å². The number of carbonyl (C=O) groups is 2. The van der Waals surface area contributed by atoms with E-state index in [1.165, 1.54) is 0 Å². The molecule has 2 saturated heterocycles. The molecule has 0 spiro atoms. The molecule has 2 aliphatic rings. The minimum absolute atomic E-state index is 0. The molecule has 2 fully saturated rings. The van der Waals surface area contributed by atoms with Crippen LogP contribution < -0.4 is 10.6 Å². The number of nitrogens with zero attached hydrogens (tertiary/aromatic N) is 1. The third-order valence-corrected chi connectivity index (χ3v) is 4.91. The van der Waals surface area contributed by atoms with E-state index in [2.05, 4.69) is 24.5 Å². The topological polar surface area (TPSA) is 61.4 Å². The molecule has 2 heterocycles. The van der Waals surface area contributed by atoms with E-state index >= 15 is 0 Å². The second-order valence-corrected chi connectivity index (χ2v) is 6.84. The third-order valence-electron chi connectivity index (χ3n) is 4.91. The standard InChI is InChI=1S/C17H31N3O2.ClH/c1-3-4-8-19-16(21)15-6-5-10-20(12-15)17(22)14-7-9-18-13(2)11-14;/h13-15,18H,3-12H2,1-2H3,(H,19,21);1H/t13-,14-,15?;/m0./s1. The van der Waals surface area contributed by atoms with Crippen molar-refractivity contribution in [2.45, 2.75) is 58.4 Å². The molecule has 2 N–H and O–H groups in total. The molecule has 5 nitrogen and oxygen atoms in total. The van der Waals surface area contributed by atoms with Crippen molar-refractivity contribution in [3.8, 4) is 0 Å². The summed E-state index contributed by atoms with van der Waals surface area (Å²) < 4.78 is 0. The quantitative estimate of drug-likeness (QED) is 0.749. The number of unbranched alkanes of at least 4 members (excludes halogenated alkanes) is 1. The molecule has 0 aromatic rings. The number of rotatable bonds is 5. The molecular weight excluding hydrogens is 314 g/mol. The van der Waals surface area contributed by atoms with E-state index in [9.17, 15) is 9.59 Å². The number of likely N-dealkylation sites (tertiary alicyclic amines) is 1. The maximum atomic E-state index is 12.7. The molecule has 0 aliphatic carbocycles. The van der Waals surface area contributed by atoms with Crippen molar-refractivity contribution in [1.82, 2.24) is 15.5 Å². The zero-order valence-corrected chi connectivity index (χ0v) is 15.3. The number of hydrogen-bond donors (Lipinski definition) is 2. The highest BCUT2D eigenvalue weighted by Crippen LogP contribution is 2.23. The largest absolute Gasteiger partial charge is 0.356 e. The number of piperidine rings is 2. The Hall–Kier alpha value is -0.810. The van der Waals surface area contributed by atoms with E-state index < -0.39 is 0 Å². The molecule has 2 amide bonds. The van der Waals surface area contributed by atoms with Crippen molar-refractivity contribution >= 4 is 24.2 Å². The van der Waals surface area contributed by atoms with Gasteiger partial charge in [-0.3, -0.25) is 9.59 Å². The van der Waals surface area contributed by atoms with Gasteiger partial charge in [0.1, 0.15) is 0 Å². The molecule has 0 saturated carbocycles. The van der Waals surface area contributed by atoms with Gasteiger partial charge in [-0.15, -0.1) is 12.4 Å². The molecule has 2 aliphatic heterocycles. The molecular formula is C17H32ClN3O2. The van der Waals surface area contributed by atoms with E-state index in [-0.39, 0.29) is 36.1 Å². The Balaban J connectivity index is 0.00000264. The van der Waals surface area contributed by atoms with Gasteiger partial charge in [-0.2, -0.15) is 0 Å². The first-order valence-electron chi connectivity index (χ1n) is 8.91. The first kappa shape index (κ1) is 20.2. The van der Waals surface area contributed by atoms with Gasteiger partial charge in [0.15, 0.2) is 0 Å². The third kappa shape index (κ3) is 5.96. The summed E-state index contributed by atoms with van der Waals surface area (Å²) >= 11 is 0. The first-order chi connectivity index (χ1) is 10.6. The Labute approximate surface area is 146 Å². The summed E-state index contributed by atoms with van der Waals surface area (Å²) in [6, 6.07) is 0.417. The van der Waals surface area contributed by atoms with Crippen LogP contribution in [-0.4, -0.2) is 48.9 Å². The predicted octanol–water partition coefficient (Wildman–Crippen LogP) is 1.95. The fourth-order valence-electron chi connectivity index (χ4n) is 3.54. The second kappa shape index (κ2) is 10.1. The van der Waals surface area contributed by atoms with Crippen molar-refractivity contribution in [3.05, 3.63) is 0 Å². The van der Waals surface area contributed by atoms with Crippen LogP contribution in [0.1, 0.15) is 52.4 Å². The monoisotopic (exact) mass is 345 g/mol. The van der Waals surface area contributed by atoms with Crippen molar-refractivity contribution in [1.29, 1.82) is 0 Å². The Kier molecular flexibility index (Phi) is 8.92. The molecule has 0 bridgehead atoms. The molecule has 2 rings (SSSR count). The maximum absolute atomic E-state index is 12.7. The van der Waals surface area contributed by atoms with Crippen molar-refractivity contribution in [2.75, 3.05) is 26.2 Å². The Morgan fingerprint density at radius 2 is 2.04 bits per heavy atom. The number of nitrogens with one attached hydrogen (secondary N) is 2. The molecule has 0 radical (unpaired) electrons. The number of carbonyl (C=O) groups excluding carboxylic acids is 2. The van der Waals surface area contributed by atoms with E-state index in [0.717, 1.165) is 58.2 Å². The van der Waals surface area contributed by atoms with Gasteiger partial charge in [0.25, 0.3) is 0 Å². The fraction of sp³-hybridized carbons (Fsp3) is 0.882. The minimum atomic E-state index is -0.0197. The number of hydrogen-bond acceptors (Lipinski definition) is 3. The minimum Gasteiger partial charge on any atom is -0.356 e. The zero-order chi connectivity index (χ0) is 15.9. The lowest BCUT2D eigenvalue weighted by molar-refractivity contribution is -0.140. The number of halogens is 1. The molecule has 0 aromatic carbocycles. The highest BCUT2D eigenvalue weighted by Gasteiger charge is 2.33. The summed E-state index contributed by atoms with van der Waals surface area (Å²) in [4.78, 5) is 26.8. The van der Waals surface area contributed by atoms with Crippen LogP contribution in [0.3, 0.4) is 0 Å². The van der Waals surface area contributed by atoms with Crippen molar-refractivity contribution in [3.63, 3.8) is 0 Å². The van der Waals surface area contributed by atoms with Gasteiger partial charge in [-0.05, 0) is 45.6 Å². The van der Waals surface area contributed by atoms with Crippen LogP contribution in [0.4, 0.5) is 0 Å². The van der Waals surface area contributed by atoms with Gasteiger partial charge < -0.3 is 15.5 Å². The summed E-state index contributed by atoms with van der Waals surface area (Å²) in [5, 5.41) is 6.40. The smallest absolute Gasteiger partial charge is 0.225 e. The summed E-state index contributed by atoms with van der Waals surface area (Å²) in [7, 11) is 0. The summed E-state index contributed by atoms with van der Waals surface area (Å²) in [5.41, 5.74) is 0. The zero-order valence-electron chi connectivity index (χ0n) is 14.5. The lowest BCUT2D eigenvalue weighted by Gasteiger charge is -2.36. The Bertz CT molecular complexity index is 392. The highest BCUT2D eigenvalue weighted by molar-refractivity contribution is 5.85. The van der Waals surface area contributed by atoms with Gasteiger partial charge in [-0.25, -0.2) is 0 Å². The molecule has 3 atom stereocenters. The van der Waals surface area contributed by atoms with E-state index in [1.54, 1.807) is 0 Å². The average molecular weight is 346 g/mol. The van der Waals surface area contributed by atoms with Crippen LogP contribution in [0.5, 0.6) is 0 Å². The van der Waals surface area contributed by atoms with E-state index in [4.69, 9.17) is 0 Å². The van der Waals surface area contributed by atoms with E-state index in [1.807, 2.05) is 4.90 Å². The normalized spacial score (nSPS) is 27.9. The molecule has 23 heavy (non-hydrogen) atoms. The van der Waals surface area contributed by atoms with Crippen LogP contribution in [0.15, 0.2) is 0 Å². The molecule has 6 heteroatoms. The predicted molar refractivity (Wildman–Crippen MR) is 94.7 cm³/mol. The maximum Gasteiger partial charge on any atom is 0.225 e. The Morgan fingerprint density at radius 3 is 2.74 bits per heavy atom. The molecule has 134 valence electrons. The van der Waals surface area contributed by atoms with Gasteiger partial charge >= 0.3 is 0 Å². The van der Waals surface area contributed by atoms with E-state index in [0.29, 0.717) is 12.6 Å². The fourth-order valence-corrected chi connectivity index (χ4v) is 3.54. The summed E-state index contributed by atoms with van der Waals surface area (Å²) in [6.45, 7) is 7.36. The lowest BCUT2D eigenvalue weighted by Crippen LogP contribution is -2.49. The summed E-state index contributed by atoms with van der Waals surface area (Å²) in [5.74, 6) is 0.510. The van der Waals surface area contributed by atoms with Crippen LogP contribution in [0.25, 0.3) is 0 Å². The SMILES string of the molecule is CCCCNC(=O)C1CCCN(C(=O)[C@H]2CCN[C@@H](C)C2)C1.Cl. The van der Waals surface area contributed by atoms with Gasteiger partial charge in [0.2, 0.25) is 11.8 Å². The lowest BCUT2D eigenvalue weighted by atomic mass is 9.90. The van der Waals surface area contributed by atoms with Crippen LogP contribution >= 0.6 is 12.4 Å². The highest BCUT2D eigenvalue weighted by atomic mass is 35.5. The first-order valence-corrected chi connectivity index (χ1v) is 8.91. The van der Waals surface area contributed by atoms with Gasteiger partial charge in [0.05, 0.1) is 5.92 Å². The van der Waals surface area contributed by atoms with Gasteiger partial charge in [0, 0.05) is 31.6 Å². The van der Waals surface area contributed by atoms with Crippen LogP contribution in [0, 0.1) is 11.8 Å². The second-order valence-electron chi connectivity index (χ2n) is 6.84.